The van der Waals surface area contributed by atoms with Gasteiger partial charge in [-0.15, -0.1) is 11.8 Å². The summed E-state index contributed by atoms with van der Waals surface area (Å²) in [4.78, 5) is 3.40. The Morgan fingerprint density at radius 1 is 1.24 bits per heavy atom. The number of halogens is 1. The highest BCUT2D eigenvalue weighted by Crippen LogP contribution is 2.33. The lowest BCUT2D eigenvalue weighted by molar-refractivity contribution is 0.628. The summed E-state index contributed by atoms with van der Waals surface area (Å²) in [5, 5.41) is 0. The van der Waals surface area contributed by atoms with Crippen LogP contribution in [0.25, 0.3) is 0 Å². The van der Waals surface area contributed by atoms with Gasteiger partial charge < -0.3 is 10.6 Å². The van der Waals surface area contributed by atoms with Gasteiger partial charge in [-0.25, -0.2) is 4.39 Å². The third kappa shape index (κ3) is 3.54. The first-order valence-electron chi connectivity index (χ1n) is 6.59. The van der Waals surface area contributed by atoms with E-state index in [1.165, 1.54) is 12.1 Å². The molecule has 0 heterocycles. The molecule has 0 aliphatic heterocycles. The van der Waals surface area contributed by atoms with E-state index in [2.05, 4.69) is 6.92 Å². The van der Waals surface area contributed by atoms with Gasteiger partial charge >= 0.3 is 0 Å². The van der Waals surface area contributed by atoms with Crippen LogP contribution >= 0.6 is 24.0 Å². The Bertz CT molecular complexity index is 641. The van der Waals surface area contributed by atoms with Crippen molar-refractivity contribution < 1.29 is 4.39 Å². The average molecular weight is 320 g/mol. The van der Waals surface area contributed by atoms with E-state index < -0.39 is 0 Å². The van der Waals surface area contributed by atoms with Gasteiger partial charge in [-0.1, -0.05) is 25.2 Å². The van der Waals surface area contributed by atoms with E-state index in [1.807, 2.05) is 30.1 Å². The first-order valence-corrected chi connectivity index (χ1v) is 7.99. The molecule has 2 aromatic carbocycles. The molecule has 2 rings (SSSR count). The van der Waals surface area contributed by atoms with Crippen LogP contribution in [0.4, 0.5) is 15.8 Å². The van der Waals surface area contributed by atoms with E-state index in [0.29, 0.717) is 4.99 Å². The number of anilines is 2. The average Bonchev–Trinajstić information content (AvgIpc) is 2.47. The van der Waals surface area contributed by atoms with E-state index in [1.54, 1.807) is 23.9 Å². The standard InChI is InChI=1S/C16H17FN2S2/c1-3-21-14-6-4-5-13(15(14)16(18)20)19(2)12-9-7-11(17)8-10-12/h4-10H,3H2,1-2H3,(H2,18,20). The first kappa shape index (κ1) is 15.8. The highest BCUT2D eigenvalue weighted by atomic mass is 32.2. The lowest BCUT2D eigenvalue weighted by Crippen LogP contribution is -2.18. The minimum Gasteiger partial charge on any atom is -0.389 e. The number of hydrogen-bond acceptors (Lipinski definition) is 3. The zero-order valence-electron chi connectivity index (χ0n) is 12.0. The largest absolute Gasteiger partial charge is 0.389 e. The predicted molar refractivity (Wildman–Crippen MR) is 93.2 cm³/mol. The van der Waals surface area contributed by atoms with Crippen LogP contribution in [0.1, 0.15) is 12.5 Å². The quantitative estimate of drug-likeness (QED) is 0.655. The molecule has 0 aliphatic rings. The van der Waals surface area contributed by atoms with E-state index >= 15 is 0 Å². The normalized spacial score (nSPS) is 10.4. The molecule has 5 heteroatoms. The molecule has 2 N–H and O–H groups in total. The monoisotopic (exact) mass is 320 g/mol. The lowest BCUT2D eigenvalue weighted by atomic mass is 10.1. The second-order valence-electron chi connectivity index (χ2n) is 4.48. The summed E-state index contributed by atoms with van der Waals surface area (Å²) in [5.74, 6) is 0.691. The molecule has 0 atom stereocenters. The smallest absolute Gasteiger partial charge is 0.123 e. The molecule has 0 amide bonds. The van der Waals surface area contributed by atoms with Gasteiger partial charge in [0.05, 0.1) is 5.69 Å². The third-order valence-electron chi connectivity index (χ3n) is 3.13. The van der Waals surface area contributed by atoms with Crippen molar-refractivity contribution >= 4 is 40.3 Å². The Labute approximate surface area is 134 Å². The van der Waals surface area contributed by atoms with Gasteiger partial charge in [0.1, 0.15) is 10.8 Å². The SMILES string of the molecule is CCSc1cccc(N(C)c2ccc(F)cc2)c1C(N)=S. The fraction of sp³-hybridized carbons (Fsp3) is 0.188. The minimum absolute atomic E-state index is 0.253. The Morgan fingerprint density at radius 2 is 1.90 bits per heavy atom. The number of hydrogen-bond donors (Lipinski definition) is 1. The van der Waals surface area contributed by atoms with E-state index in [-0.39, 0.29) is 5.82 Å². The topological polar surface area (TPSA) is 29.3 Å². The molecule has 0 unspecified atom stereocenters. The Morgan fingerprint density at radius 3 is 2.48 bits per heavy atom. The molecule has 0 fully saturated rings. The van der Waals surface area contributed by atoms with Crippen molar-refractivity contribution in [2.45, 2.75) is 11.8 Å². The van der Waals surface area contributed by atoms with Gasteiger partial charge in [0.15, 0.2) is 0 Å². The summed E-state index contributed by atoms with van der Waals surface area (Å²) in [7, 11) is 1.92. The zero-order chi connectivity index (χ0) is 15.4. The molecule has 0 aliphatic carbocycles. The van der Waals surface area contributed by atoms with Crippen LogP contribution in [0, 0.1) is 5.82 Å². The van der Waals surface area contributed by atoms with Crippen molar-refractivity contribution in [3.63, 3.8) is 0 Å². The van der Waals surface area contributed by atoms with Crippen molar-refractivity contribution in [3.8, 4) is 0 Å². The summed E-state index contributed by atoms with van der Waals surface area (Å²) in [6.07, 6.45) is 0. The summed E-state index contributed by atoms with van der Waals surface area (Å²) < 4.78 is 13.1. The number of nitrogens with two attached hydrogens (primary N) is 1. The summed E-state index contributed by atoms with van der Waals surface area (Å²) in [5.41, 5.74) is 8.59. The summed E-state index contributed by atoms with van der Waals surface area (Å²) in [6.45, 7) is 2.09. The number of thioether (sulfide) groups is 1. The zero-order valence-corrected chi connectivity index (χ0v) is 13.6. The van der Waals surface area contributed by atoms with Crippen molar-refractivity contribution in [1.82, 2.24) is 0 Å². The summed E-state index contributed by atoms with van der Waals surface area (Å²) in [6, 6.07) is 12.3. The maximum absolute atomic E-state index is 13.1. The van der Waals surface area contributed by atoms with Gasteiger partial charge in [0.25, 0.3) is 0 Å². The molecule has 110 valence electrons. The highest BCUT2D eigenvalue weighted by Gasteiger charge is 2.15. The van der Waals surface area contributed by atoms with Gasteiger partial charge in [-0.05, 0) is 42.2 Å². The molecule has 0 spiro atoms. The first-order chi connectivity index (χ1) is 10.0. The van der Waals surface area contributed by atoms with Gasteiger partial charge in [0, 0.05) is 23.2 Å². The van der Waals surface area contributed by atoms with Crippen LogP contribution in [-0.2, 0) is 0 Å². The second kappa shape index (κ2) is 6.91. The molecule has 0 saturated carbocycles. The molecule has 0 saturated heterocycles. The molecule has 0 aromatic heterocycles. The van der Waals surface area contributed by atoms with E-state index in [9.17, 15) is 4.39 Å². The number of rotatable bonds is 5. The molecular weight excluding hydrogens is 303 g/mol. The number of nitrogens with zero attached hydrogens (tertiary/aromatic N) is 1. The van der Waals surface area contributed by atoms with Gasteiger partial charge in [0.2, 0.25) is 0 Å². The van der Waals surface area contributed by atoms with Crippen LogP contribution < -0.4 is 10.6 Å². The molecule has 0 bridgehead atoms. The second-order valence-corrected chi connectivity index (χ2v) is 6.23. The molecule has 2 nitrogen and oxygen atoms in total. The van der Waals surface area contributed by atoms with Crippen LogP contribution in [0.2, 0.25) is 0 Å². The Kier molecular flexibility index (Phi) is 5.20. The molecule has 0 radical (unpaired) electrons. The molecule has 2 aromatic rings. The van der Waals surface area contributed by atoms with Crippen molar-refractivity contribution in [2.24, 2.45) is 5.73 Å². The van der Waals surface area contributed by atoms with Crippen LogP contribution in [0.5, 0.6) is 0 Å². The molecule has 21 heavy (non-hydrogen) atoms. The highest BCUT2D eigenvalue weighted by molar-refractivity contribution is 7.99. The number of benzene rings is 2. The number of thiocarbonyl (C=S) groups is 1. The summed E-state index contributed by atoms with van der Waals surface area (Å²) >= 11 is 6.92. The van der Waals surface area contributed by atoms with E-state index in [4.69, 9.17) is 18.0 Å². The Balaban J connectivity index is 2.49. The molecular formula is C16H17FN2S2. The Hall–Kier alpha value is -1.59. The lowest BCUT2D eigenvalue weighted by Gasteiger charge is -2.24. The van der Waals surface area contributed by atoms with Crippen molar-refractivity contribution in [2.75, 3.05) is 17.7 Å². The van der Waals surface area contributed by atoms with Crippen LogP contribution in [-0.4, -0.2) is 17.8 Å². The third-order valence-corrected chi connectivity index (χ3v) is 4.27. The van der Waals surface area contributed by atoms with Crippen molar-refractivity contribution in [1.29, 1.82) is 0 Å². The maximum Gasteiger partial charge on any atom is 0.123 e. The fourth-order valence-electron chi connectivity index (χ4n) is 2.13. The van der Waals surface area contributed by atoms with E-state index in [0.717, 1.165) is 27.6 Å². The minimum atomic E-state index is -0.253. The van der Waals surface area contributed by atoms with Crippen molar-refractivity contribution in [3.05, 3.63) is 53.8 Å². The van der Waals surface area contributed by atoms with Crippen LogP contribution in [0.3, 0.4) is 0 Å². The van der Waals surface area contributed by atoms with Gasteiger partial charge in [-0.3, -0.25) is 0 Å². The van der Waals surface area contributed by atoms with Gasteiger partial charge in [-0.2, -0.15) is 0 Å². The predicted octanol–water partition coefficient (Wildman–Crippen LogP) is 4.34. The van der Waals surface area contributed by atoms with Crippen LogP contribution in [0.15, 0.2) is 47.4 Å². The fourth-order valence-corrected chi connectivity index (χ4v) is 3.25. The maximum atomic E-state index is 13.1.